The van der Waals surface area contributed by atoms with Crippen LogP contribution in [0.25, 0.3) is 0 Å². The third-order valence-corrected chi connectivity index (χ3v) is 6.73. The maximum atomic E-state index is 13.0. The van der Waals surface area contributed by atoms with E-state index in [2.05, 4.69) is 16.8 Å². The molecule has 0 spiro atoms. The third kappa shape index (κ3) is 5.19. The van der Waals surface area contributed by atoms with Gasteiger partial charge in [-0.25, -0.2) is 0 Å². The van der Waals surface area contributed by atoms with Gasteiger partial charge in [-0.3, -0.25) is 9.59 Å². The van der Waals surface area contributed by atoms with Gasteiger partial charge in [0.2, 0.25) is 11.8 Å². The number of carbonyl (C=O) groups is 2. The molecule has 2 aromatic carbocycles. The molecule has 0 bridgehead atoms. The highest BCUT2D eigenvalue weighted by Gasteiger charge is 2.24. The predicted molar refractivity (Wildman–Crippen MR) is 131 cm³/mol. The van der Waals surface area contributed by atoms with Crippen molar-refractivity contribution in [1.82, 2.24) is 4.90 Å². The number of nitrogens with one attached hydrogen (secondary N) is 1. The van der Waals surface area contributed by atoms with Gasteiger partial charge in [-0.1, -0.05) is 18.2 Å². The molecule has 6 heteroatoms. The lowest BCUT2D eigenvalue weighted by Crippen LogP contribution is -2.39. The monoisotopic (exact) mass is 447 g/mol. The molecule has 0 atom stereocenters. The summed E-state index contributed by atoms with van der Waals surface area (Å²) in [6.07, 6.45) is 1.37. The molecule has 1 aromatic heterocycles. The Hall–Kier alpha value is -3.12. The summed E-state index contributed by atoms with van der Waals surface area (Å²) in [5, 5.41) is 5.44. The van der Waals surface area contributed by atoms with Crippen LogP contribution in [0.5, 0.6) is 0 Å². The fourth-order valence-electron chi connectivity index (χ4n) is 4.08. The van der Waals surface area contributed by atoms with Crippen LogP contribution in [-0.2, 0) is 22.6 Å². The van der Waals surface area contributed by atoms with Crippen LogP contribution in [0.4, 0.5) is 17.1 Å². The maximum Gasteiger partial charge on any atom is 0.227 e. The van der Waals surface area contributed by atoms with Crippen molar-refractivity contribution in [3.05, 3.63) is 76.5 Å². The standard InChI is InChI=1S/C26H29N3O2S/c1-19(2)29(23-10-8-22(9-11-23)27-21-6-4-3-5-7-21)26(31)13-12-25(30)28-16-14-24-20(18-28)15-17-32-24/h3-11,15,17,19,27H,12-14,16,18H2,1-2H3. The van der Waals surface area contributed by atoms with E-state index >= 15 is 0 Å². The van der Waals surface area contributed by atoms with E-state index in [0.717, 1.165) is 30.0 Å². The molecule has 1 aliphatic heterocycles. The molecule has 0 unspecified atom stereocenters. The summed E-state index contributed by atoms with van der Waals surface area (Å²) in [5.74, 6) is 0.0339. The molecule has 0 saturated carbocycles. The van der Waals surface area contributed by atoms with Crippen molar-refractivity contribution in [2.75, 3.05) is 16.8 Å². The Morgan fingerprint density at radius 2 is 1.72 bits per heavy atom. The zero-order chi connectivity index (χ0) is 22.5. The molecule has 1 aliphatic rings. The number of hydrogen-bond donors (Lipinski definition) is 1. The first kappa shape index (κ1) is 22.1. The highest BCUT2D eigenvalue weighted by molar-refractivity contribution is 7.10. The Balaban J connectivity index is 1.36. The lowest BCUT2D eigenvalue weighted by molar-refractivity contribution is -0.134. The molecule has 0 radical (unpaired) electrons. The van der Waals surface area contributed by atoms with Gasteiger partial charge in [0.05, 0.1) is 0 Å². The SMILES string of the molecule is CC(C)N(C(=O)CCC(=O)N1CCc2sccc2C1)c1ccc(Nc2ccccc2)cc1. The summed E-state index contributed by atoms with van der Waals surface area (Å²) in [6, 6.07) is 19.9. The van der Waals surface area contributed by atoms with Crippen LogP contribution < -0.4 is 10.2 Å². The van der Waals surface area contributed by atoms with Gasteiger partial charge in [0.1, 0.15) is 0 Å². The molecule has 0 aliphatic carbocycles. The van der Waals surface area contributed by atoms with Gasteiger partial charge in [0.15, 0.2) is 0 Å². The summed E-state index contributed by atoms with van der Waals surface area (Å²) in [6.45, 7) is 5.40. The largest absolute Gasteiger partial charge is 0.356 e. The first-order valence-electron chi connectivity index (χ1n) is 11.1. The highest BCUT2D eigenvalue weighted by atomic mass is 32.1. The van der Waals surface area contributed by atoms with Crippen molar-refractivity contribution in [2.24, 2.45) is 0 Å². The molecule has 0 saturated heterocycles. The van der Waals surface area contributed by atoms with E-state index in [0.29, 0.717) is 6.54 Å². The van der Waals surface area contributed by atoms with Gasteiger partial charge in [-0.2, -0.15) is 0 Å². The maximum absolute atomic E-state index is 13.0. The molecule has 2 amide bonds. The molecule has 166 valence electrons. The number of nitrogens with zero attached hydrogens (tertiary/aromatic N) is 2. The number of rotatable bonds is 7. The molecular formula is C26H29N3O2S. The number of para-hydroxylation sites is 1. The van der Waals surface area contributed by atoms with Crippen LogP contribution in [0.1, 0.15) is 37.1 Å². The van der Waals surface area contributed by atoms with Gasteiger partial charge in [0.25, 0.3) is 0 Å². The molecule has 4 rings (SSSR count). The summed E-state index contributed by atoms with van der Waals surface area (Å²) < 4.78 is 0. The summed E-state index contributed by atoms with van der Waals surface area (Å²) in [7, 11) is 0. The minimum absolute atomic E-state index is 0.00823. The van der Waals surface area contributed by atoms with Crippen LogP contribution in [0.3, 0.4) is 0 Å². The van der Waals surface area contributed by atoms with Gasteiger partial charge >= 0.3 is 0 Å². The topological polar surface area (TPSA) is 52.7 Å². The van der Waals surface area contributed by atoms with Crippen LogP contribution in [0, 0.1) is 0 Å². The molecule has 32 heavy (non-hydrogen) atoms. The van der Waals surface area contributed by atoms with Gasteiger partial charge in [-0.05, 0) is 73.7 Å². The number of fused-ring (bicyclic) bond motifs is 1. The van der Waals surface area contributed by atoms with Crippen molar-refractivity contribution < 1.29 is 9.59 Å². The van der Waals surface area contributed by atoms with Crippen molar-refractivity contribution >= 4 is 40.2 Å². The lowest BCUT2D eigenvalue weighted by atomic mass is 10.1. The van der Waals surface area contributed by atoms with E-state index in [1.165, 1.54) is 10.4 Å². The second kappa shape index (κ2) is 10.0. The zero-order valence-corrected chi connectivity index (χ0v) is 19.4. The Bertz CT molecular complexity index is 1060. The fourth-order valence-corrected chi connectivity index (χ4v) is 4.97. The molecule has 2 heterocycles. The van der Waals surface area contributed by atoms with E-state index in [9.17, 15) is 9.59 Å². The number of hydrogen-bond acceptors (Lipinski definition) is 4. The minimum atomic E-state index is -0.0228. The van der Waals surface area contributed by atoms with E-state index in [1.807, 2.05) is 73.3 Å². The van der Waals surface area contributed by atoms with E-state index < -0.39 is 0 Å². The molecule has 0 fully saturated rings. The Labute approximate surface area is 193 Å². The van der Waals surface area contributed by atoms with Gasteiger partial charge < -0.3 is 15.1 Å². The Morgan fingerprint density at radius 3 is 2.44 bits per heavy atom. The second-order valence-electron chi connectivity index (χ2n) is 8.33. The van der Waals surface area contributed by atoms with Crippen LogP contribution >= 0.6 is 11.3 Å². The Kier molecular flexibility index (Phi) is 6.90. The van der Waals surface area contributed by atoms with E-state index in [1.54, 1.807) is 16.2 Å². The quantitative estimate of drug-likeness (QED) is 0.513. The van der Waals surface area contributed by atoms with Crippen molar-refractivity contribution in [3.63, 3.8) is 0 Å². The zero-order valence-electron chi connectivity index (χ0n) is 18.6. The highest BCUT2D eigenvalue weighted by Crippen LogP contribution is 2.26. The number of amides is 2. The second-order valence-corrected chi connectivity index (χ2v) is 9.33. The molecule has 3 aromatic rings. The van der Waals surface area contributed by atoms with Crippen molar-refractivity contribution in [1.29, 1.82) is 0 Å². The normalized spacial score (nSPS) is 13.0. The minimum Gasteiger partial charge on any atom is -0.356 e. The smallest absolute Gasteiger partial charge is 0.227 e. The van der Waals surface area contributed by atoms with Crippen LogP contribution in [0.15, 0.2) is 66.0 Å². The average Bonchev–Trinajstić information content (AvgIpc) is 3.27. The third-order valence-electron chi connectivity index (χ3n) is 5.71. The van der Waals surface area contributed by atoms with Crippen LogP contribution in [0.2, 0.25) is 0 Å². The fraction of sp³-hybridized carbons (Fsp3) is 0.308. The molecular weight excluding hydrogens is 418 g/mol. The first-order chi connectivity index (χ1) is 15.5. The first-order valence-corrected chi connectivity index (χ1v) is 12.0. The lowest BCUT2D eigenvalue weighted by Gasteiger charge is -2.29. The number of carbonyl (C=O) groups excluding carboxylic acids is 2. The summed E-state index contributed by atoms with van der Waals surface area (Å²) in [5.41, 5.74) is 4.07. The van der Waals surface area contributed by atoms with Crippen molar-refractivity contribution in [3.8, 4) is 0 Å². The summed E-state index contributed by atoms with van der Waals surface area (Å²) in [4.78, 5) is 30.8. The van der Waals surface area contributed by atoms with E-state index in [-0.39, 0.29) is 30.7 Å². The Morgan fingerprint density at radius 1 is 1.00 bits per heavy atom. The molecule has 1 N–H and O–H groups in total. The molecule has 5 nitrogen and oxygen atoms in total. The van der Waals surface area contributed by atoms with Gasteiger partial charge in [-0.15, -0.1) is 11.3 Å². The summed E-state index contributed by atoms with van der Waals surface area (Å²) >= 11 is 1.76. The average molecular weight is 448 g/mol. The van der Waals surface area contributed by atoms with E-state index in [4.69, 9.17) is 0 Å². The number of anilines is 3. The van der Waals surface area contributed by atoms with Crippen LogP contribution in [-0.4, -0.2) is 29.3 Å². The number of thiophene rings is 1. The van der Waals surface area contributed by atoms with Crippen molar-refractivity contribution in [2.45, 2.75) is 45.7 Å². The number of benzene rings is 2. The predicted octanol–water partition coefficient (Wildman–Crippen LogP) is 5.60. The van der Waals surface area contributed by atoms with Gasteiger partial charge in [0, 0.05) is 53.9 Å².